The molecule has 13 heavy (non-hydrogen) atoms. The molecule has 1 aromatic heterocycles. The Morgan fingerprint density at radius 3 is 2.69 bits per heavy atom. The summed E-state index contributed by atoms with van der Waals surface area (Å²) in [5.41, 5.74) is 0.532. The van der Waals surface area contributed by atoms with Gasteiger partial charge in [0.1, 0.15) is 10.9 Å². The van der Waals surface area contributed by atoms with Crippen LogP contribution in [0.1, 0.15) is 0 Å². The van der Waals surface area contributed by atoms with Crippen molar-refractivity contribution in [2.24, 2.45) is 0 Å². The van der Waals surface area contributed by atoms with Gasteiger partial charge >= 0.3 is 0 Å². The van der Waals surface area contributed by atoms with Crippen molar-refractivity contribution < 1.29 is 5.11 Å². The van der Waals surface area contributed by atoms with Gasteiger partial charge in [0.15, 0.2) is 0 Å². The summed E-state index contributed by atoms with van der Waals surface area (Å²) in [5.74, 6) is 0.123. The predicted molar refractivity (Wildman–Crippen MR) is 51.2 cm³/mol. The fourth-order valence-corrected chi connectivity index (χ4v) is 1.51. The quantitative estimate of drug-likeness (QED) is 0.542. The van der Waals surface area contributed by atoms with Gasteiger partial charge in [0.05, 0.1) is 5.52 Å². The predicted octanol–water partition coefficient (Wildman–Crippen LogP) is 2.64. The number of phenolic OH excluding ortho intramolecular Hbond substituents is 1. The molecule has 0 bridgehead atoms. The third-order valence-corrected chi connectivity index (χ3v) is 2.06. The van der Waals surface area contributed by atoms with Gasteiger partial charge in [0.25, 0.3) is 0 Å². The Kier molecular flexibility index (Phi) is 1.98. The van der Waals surface area contributed by atoms with Gasteiger partial charge in [-0.05, 0) is 23.7 Å². The molecular weight excluding hydrogens is 211 g/mol. The number of aromatic nitrogens is 2. The number of hydrogen-bond donors (Lipinski definition) is 1. The fraction of sp³-hybridized carbons (Fsp3) is 0. The normalized spacial score (nSPS) is 10.6. The van der Waals surface area contributed by atoms with E-state index in [0.29, 0.717) is 10.9 Å². The van der Waals surface area contributed by atoms with Gasteiger partial charge in [-0.1, -0.05) is 11.6 Å². The third-order valence-electron chi connectivity index (χ3n) is 1.61. The minimum absolute atomic E-state index is 0.0723. The van der Waals surface area contributed by atoms with Crippen LogP contribution in [0.3, 0.4) is 0 Å². The number of rotatable bonds is 0. The molecule has 0 aliphatic heterocycles. The number of phenols is 1. The van der Waals surface area contributed by atoms with Gasteiger partial charge in [0.2, 0.25) is 5.28 Å². The zero-order chi connectivity index (χ0) is 9.42. The molecule has 66 valence electrons. The van der Waals surface area contributed by atoms with E-state index in [0.717, 1.165) is 0 Å². The molecule has 3 nitrogen and oxygen atoms in total. The summed E-state index contributed by atoms with van der Waals surface area (Å²) in [5, 5.41) is 10.2. The van der Waals surface area contributed by atoms with Crippen LogP contribution in [0.15, 0.2) is 18.2 Å². The zero-order valence-electron chi connectivity index (χ0n) is 6.33. The van der Waals surface area contributed by atoms with Crippen LogP contribution in [-0.2, 0) is 0 Å². The lowest BCUT2D eigenvalue weighted by molar-refractivity contribution is 0.476. The van der Waals surface area contributed by atoms with Crippen molar-refractivity contribution in [3.63, 3.8) is 0 Å². The molecular formula is C8H4Cl2N2O. The van der Waals surface area contributed by atoms with Crippen molar-refractivity contribution in [1.82, 2.24) is 9.97 Å². The molecule has 5 heteroatoms. The maximum atomic E-state index is 9.17. The molecule has 1 aromatic carbocycles. The zero-order valence-corrected chi connectivity index (χ0v) is 7.84. The van der Waals surface area contributed by atoms with Gasteiger partial charge in [-0.3, -0.25) is 0 Å². The van der Waals surface area contributed by atoms with Crippen LogP contribution in [0.4, 0.5) is 0 Å². The molecule has 0 saturated heterocycles. The van der Waals surface area contributed by atoms with Gasteiger partial charge in [0, 0.05) is 11.5 Å². The molecule has 0 aliphatic carbocycles. The Hall–Kier alpha value is -1.06. The molecule has 0 aliphatic rings. The Bertz CT molecular complexity index is 468. The molecule has 0 spiro atoms. The number of nitrogens with zero attached hydrogens (tertiary/aromatic N) is 2. The Morgan fingerprint density at radius 2 is 1.92 bits per heavy atom. The molecule has 0 fully saturated rings. The molecule has 0 saturated carbocycles. The Balaban J connectivity index is 2.86. The van der Waals surface area contributed by atoms with E-state index >= 15 is 0 Å². The molecule has 0 unspecified atom stereocenters. The second-order valence-corrected chi connectivity index (χ2v) is 3.18. The number of aromatic hydroxyl groups is 1. The van der Waals surface area contributed by atoms with Gasteiger partial charge in [-0.25, -0.2) is 9.97 Å². The summed E-state index contributed by atoms with van der Waals surface area (Å²) in [6.07, 6.45) is 0. The monoisotopic (exact) mass is 214 g/mol. The summed E-state index contributed by atoms with van der Waals surface area (Å²) in [6.45, 7) is 0. The Morgan fingerprint density at radius 1 is 1.15 bits per heavy atom. The first-order chi connectivity index (χ1) is 6.16. The lowest BCUT2D eigenvalue weighted by Crippen LogP contribution is -1.85. The summed E-state index contributed by atoms with van der Waals surface area (Å²) in [7, 11) is 0. The van der Waals surface area contributed by atoms with E-state index < -0.39 is 0 Å². The van der Waals surface area contributed by atoms with E-state index in [1.807, 2.05) is 0 Å². The second kappa shape index (κ2) is 3.01. The number of halogens is 2. The summed E-state index contributed by atoms with van der Waals surface area (Å²) >= 11 is 11.4. The lowest BCUT2D eigenvalue weighted by atomic mass is 10.2. The standard InChI is InChI=1S/C8H4Cl2N2O/c9-7-5-2-1-4(13)3-6(5)11-8(10)12-7/h1-3,13H. The molecule has 2 aromatic rings. The van der Waals surface area contributed by atoms with Crippen LogP contribution in [0.5, 0.6) is 5.75 Å². The topological polar surface area (TPSA) is 46.0 Å². The second-order valence-electron chi connectivity index (χ2n) is 2.48. The molecule has 1 heterocycles. The molecule has 1 N–H and O–H groups in total. The maximum absolute atomic E-state index is 9.17. The van der Waals surface area contributed by atoms with Crippen molar-refractivity contribution in [2.45, 2.75) is 0 Å². The van der Waals surface area contributed by atoms with Gasteiger partial charge < -0.3 is 5.11 Å². The van der Waals surface area contributed by atoms with Crippen molar-refractivity contribution in [2.75, 3.05) is 0 Å². The van der Waals surface area contributed by atoms with Gasteiger partial charge in [-0.15, -0.1) is 0 Å². The Labute approximate surface area is 84.0 Å². The molecule has 0 atom stereocenters. The molecule has 0 amide bonds. The maximum Gasteiger partial charge on any atom is 0.224 e. The van der Waals surface area contributed by atoms with E-state index in [9.17, 15) is 0 Å². The smallest absolute Gasteiger partial charge is 0.224 e. The average molecular weight is 215 g/mol. The third kappa shape index (κ3) is 1.53. The minimum atomic E-state index is 0.0723. The molecule has 0 radical (unpaired) electrons. The number of benzene rings is 1. The number of fused-ring (bicyclic) bond motifs is 1. The largest absolute Gasteiger partial charge is 0.508 e. The van der Waals surface area contributed by atoms with Crippen LogP contribution in [0, 0.1) is 0 Å². The lowest BCUT2D eigenvalue weighted by Gasteiger charge is -1.99. The highest BCUT2D eigenvalue weighted by Gasteiger charge is 2.04. The van der Waals surface area contributed by atoms with Crippen molar-refractivity contribution in [3.05, 3.63) is 28.6 Å². The highest BCUT2D eigenvalue weighted by atomic mass is 35.5. The first-order valence-corrected chi connectivity index (χ1v) is 4.24. The van der Waals surface area contributed by atoms with Crippen molar-refractivity contribution >= 4 is 34.1 Å². The highest BCUT2D eigenvalue weighted by Crippen LogP contribution is 2.24. The van der Waals surface area contributed by atoms with E-state index in [-0.39, 0.29) is 16.2 Å². The van der Waals surface area contributed by atoms with E-state index in [4.69, 9.17) is 28.3 Å². The van der Waals surface area contributed by atoms with Crippen LogP contribution in [0.25, 0.3) is 10.9 Å². The minimum Gasteiger partial charge on any atom is -0.508 e. The van der Waals surface area contributed by atoms with E-state index in [1.165, 1.54) is 12.1 Å². The van der Waals surface area contributed by atoms with Crippen molar-refractivity contribution in [3.8, 4) is 5.75 Å². The highest BCUT2D eigenvalue weighted by molar-refractivity contribution is 6.35. The van der Waals surface area contributed by atoms with E-state index in [2.05, 4.69) is 9.97 Å². The van der Waals surface area contributed by atoms with Crippen LogP contribution >= 0.6 is 23.2 Å². The fourth-order valence-electron chi connectivity index (χ4n) is 1.05. The van der Waals surface area contributed by atoms with Crippen LogP contribution in [-0.4, -0.2) is 15.1 Å². The summed E-state index contributed by atoms with van der Waals surface area (Å²) in [4.78, 5) is 7.68. The number of hydrogen-bond acceptors (Lipinski definition) is 3. The van der Waals surface area contributed by atoms with Crippen LogP contribution < -0.4 is 0 Å². The first kappa shape index (κ1) is 8.53. The SMILES string of the molecule is Oc1ccc2c(Cl)nc(Cl)nc2c1. The summed E-state index contributed by atoms with van der Waals surface area (Å²) < 4.78 is 0. The summed E-state index contributed by atoms with van der Waals surface area (Å²) in [6, 6.07) is 4.64. The average Bonchev–Trinajstić information content (AvgIpc) is 2.02. The van der Waals surface area contributed by atoms with E-state index in [1.54, 1.807) is 6.07 Å². The van der Waals surface area contributed by atoms with Crippen LogP contribution in [0.2, 0.25) is 10.4 Å². The van der Waals surface area contributed by atoms with Gasteiger partial charge in [-0.2, -0.15) is 0 Å². The molecule has 2 rings (SSSR count). The van der Waals surface area contributed by atoms with Crippen molar-refractivity contribution in [1.29, 1.82) is 0 Å². The first-order valence-electron chi connectivity index (χ1n) is 3.48.